The van der Waals surface area contributed by atoms with E-state index in [0.29, 0.717) is 19.8 Å². The van der Waals surface area contributed by atoms with Gasteiger partial charge in [0.2, 0.25) is 5.91 Å². The Balaban J connectivity index is 1.46. The predicted octanol–water partition coefficient (Wildman–Crippen LogP) is 2.53. The number of para-hydroxylation sites is 1. The van der Waals surface area contributed by atoms with Gasteiger partial charge in [0.05, 0.1) is 13.2 Å². The molecule has 1 amide bonds. The summed E-state index contributed by atoms with van der Waals surface area (Å²) in [5.74, 6) is 0.0176. The highest BCUT2D eigenvalue weighted by Gasteiger charge is 2.29. The van der Waals surface area contributed by atoms with Crippen molar-refractivity contribution in [2.24, 2.45) is 0 Å². The monoisotopic (exact) mass is 378 g/mol. The first-order chi connectivity index (χ1) is 13.7. The lowest BCUT2D eigenvalue weighted by atomic mass is 10.1. The van der Waals surface area contributed by atoms with Crippen LogP contribution in [0.4, 0.5) is 0 Å². The quantitative estimate of drug-likeness (QED) is 0.716. The lowest BCUT2D eigenvalue weighted by molar-refractivity contribution is -0.128. The zero-order valence-electron chi connectivity index (χ0n) is 16.2. The van der Waals surface area contributed by atoms with E-state index in [1.165, 1.54) is 16.6 Å². The van der Waals surface area contributed by atoms with Gasteiger partial charge in [-0.15, -0.1) is 0 Å². The van der Waals surface area contributed by atoms with Gasteiger partial charge in [-0.2, -0.15) is 0 Å². The molecule has 1 atom stereocenters. The second-order valence-corrected chi connectivity index (χ2v) is 7.12. The molecule has 1 fully saturated rings. The number of rotatable bonds is 6. The summed E-state index contributed by atoms with van der Waals surface area (Å²) in [6.07, 6.45) is 3.51. The number of carbonyl (C=O) groups is 1. The number of fused-ring (bicyclic) bond motifs is 1. The molecule has 1 aliphatic rings. The zero-order chi connectivity index (χ0) is 19.3. The fraction of sp³-hybridized carbons (Fsp3) is 0.364. The summed E-state index contributed by atoms with van der Waals surface area (Å²) in [6.45, 7) is 6.22. The SMILES string of the molecule is Cc1cc2ccccc2n1CCNC(=O)[C@H](c1cccnc1)N1CCOCC1. The number of nitrogens with one attached hydrogen (secondary N) is 1. The molecule has 1 N–H and O–H groups in total. The highest BCUT2D eigenvalue weighted by Crippen LogP contribution is 2.22. The van der Waals surface area contributed by atoms with Crippen molar-refractivity contribution in [3.05, 3.63) is 66.1 Å². The lowest BCUT2D eigenvalue weighted by Crippen LogP contribution is -2.46. The first-order valence-electron chi connectivity index (χ1n) is 9.78. The van der Waals surface area contributed by atoms with E-state index < -0.39 is 0 Å². The molecule has 1 saturated heterocycles. The smallest absolute Gasteiger partial charge is 0.242 e. The second kappa shape index (κ2) is 8.54. The molecule has 4 rings (SSSR count). The van der Waals surface area contributed by atoms with Crippen LogP contribution in [0.1, 0.15) is 17.3 Å². The summed E-state index contributed by atoms with van der Waals surface area (Å²) in [4.78, 5) is 19.5. The summed E-state index contributed by atoms with van der Waals surface area (Å²) in [7, 11) is 0. The molecule has 1 aromatic carbocycles. The summed E-state index contributed by atoms with van der Waals surface area (Å²) >= 11 is 0. The number of hydrogen-bond donors (Lipinski definition) is 1. The average Bonchev–Trinajstić information content (AvgIpc) is 3.05. The number of aromatic nitrogens is 2. The number of hydrogen-bond acceptors (Lipinski definition) is 4. The Morgan fingerprint density at radius 2 is 2.04 bits per heavy atom. The van der Waals surface area contributed by atoms with Gasteiger partial charge < -0.3 is 14.6 Å². The molecular formula is C22H26N4O2. The molecule has 0 aliphatic carbocycles. The van der Waals surface area contributed by atoms with Gasteiger partial charge in [-0.05, 0) is 36.1 Å². The number of aryl methyl sites for hydroxylation is 1. The van der Waals surface area contributed by atoms with E-state index in [0.717, 1.165) is 25.2 Å². The van der Waals surface area contributed by atoms with Gasteiger partial charge in [0.15, 0.2) is 0 Å². The minimum Gasteiger partial charge on any atom is -0.379 e. The minimum absolute atomic E-state index is 0.0176. The van der Waals surface area contributed by atoms with Crippen molar-refractivity contribution in [2.45, 2.75) is 19.5 Å². The largest absolute Gasteiger partial charge is 0.379 e. The molecule has 0 bridgehead atoms. The topological polar surface area (TPSA) is 59.4 Å². The third-order valence-electron chi connectivity index (χ3n) is 5.31. The van der Waals surface area contributed by atoms with E-state index in [4.69, 9.17) is 4.74 Å². The van der Waals surface area contributed by atoms with Crippen molar-refractivity contribution in [3.8, 4) is 0 Å². The van der Waals surface area contributed by atoms with Crippen molar-refractivity contribution in [3.63, 3.8) is 0 Å². The van der Waals surface area contributed by atoms with Crippen molar-refractivity contribution >= 4 is 16.8 Å². The van der Waals surface area contributed by atoms with Crippen LogP contribution in [0.25, 0.3) is 10.9 Å². The summed E-state index contributed by atoms with van der Waals surface area (Å²) in [5.41, 5.74) is 3.32. The van der Waals surface area contributed by atoms with Crippen LogP contribution in [-0.2, 0) is 16.1 Å². The van der Waals surface area contributed by atoms with Crippen molar-refractivity contribution < 1.29 is 9.53 Å². The van der Waals surface area contributed by atoms with E-state index in [9.17, 15) is 4.79 Å². The molecule has 3 aromatic rings. The molecule has 2 aromatic heterocycles. The van der Waals surface area contributed by atoms with Crippen LogP contribution in [0.3, 0.4) is 0 Å². The Morgan fingerprint density at radius 1 is 1.21 bits per heavy atom. The Kier molecular flexibility index (Phi) is 5.69. The maximum Gasteiger partial charge on any atom is 0.242 e. The molecule has 1 aliphatic heterocycles. The third kappa shape index (κ3) is 3.93. The van der Waals surface area contributed by atoms with Gasteiger partial charge in [-0.25, -0.2) is 0 Å². The van der Waals surface area contributed by atoms with Crippen molar-refractivity contribution in [2.75, 3.05) is 32.8 Å². The molecule has 28 heavy (non-hydrogen) atoms. The Labute approximate surface area is 165 Å². The van der Waals surface area contributed by atoms with Gasteiger partial charge >= 0.3 is 0 Å². The van der Waals surface area contributed by atoms with Gasteiger partial charge in [-0.1, -0.05) is 24.3 Å². The highest BCUT2D eigenvalue weighted by atomic mass is 16.5. The minimum atomic E-state index is -0.333. The summed E-state index contributed by atoms with van der Waals surface area (Å²) in [5, 5.41) is 4.37. The van der Waals surface area contributed by atoms with Crippen LogP contribution < -0.4 is 5.32 Å². The normalized spacial score (nSPS) is 16.2. The molecule has 0 unspecified atom stereocenters. The first kappa shape index (κ1) is 18.7. The highest BCUT2D eigenvalue weighted by molar-refractivity contribution is 5.83. The number of amides is 1. The van der Waals surface area contributed by atoms with E-state index in [1.54, 1.807) is 12.4 Å². The lowest BCUT2D eigenvalue weighted by Gasteiger charge is -2.33. The van der Waals surface area contributed by atoms with E-state index >= 15 is 0 Å². The standard InChI is InChI=1S/C22H26N4O2/c1-17-15-18-5-2-3-7-20(18)26(17)10-9-24-22(27)21(19-6-4-8-23-16-19)25-11-13-28-14-12-25/h2-8,15-16,21H,9-14H2,1H3,(H,24,27)/t21-/m0/s1. The molecule has 0 radical (unpaired) electrons. The molecule has 0 spiro atoms. The molecule has 146 valence electrons. The van der Waals surface area contributed by atoms with Gasteiger partial charge in [0, 0.05) is 49.8 Å². The number of benzene rings is 1. The van der Waals surface area contributed by atoms with Gasteiger partial charge in [0.1, 0.15) is 6.04 Å². The van der Waals surface area contributed by atoms with Gasteiger partial charge in [-0.3, -0.25) is 14.7 Å². The molecule has 0 saturated carbocycles. The Morgan fingerprint density at radius 3 is 2.82 bits per heavy atom. The zero-order valence-corrected chi connectivity index (χ0v) is 16.2. The first-order valence-corrected chi connectivity index (χ1v) is 9.78. The Hall–Kier alpha value is -2.70. The molecule has 3 heterocycles. The van der Waals surface area contributed by atoms with Crippen molar-refractivity contribution in [1.29, 1.82) is 0 Å². The van der Waals surface area contributed by atoms with Crippen LogP contribution in [-0.4, -0.2) is 53.2 Å². The molecule has 6 nitrogen and oxygen atoms in total. The predicted molar refractivity (Wildman–Crippen MR) is 109 cm³/mol. The number of morpholine rings is 1. The summed E-state index contributed by atoms with van der Waals surface area (Å²) in [6, 6.07) is 14.0. The Bertz CT molecular complexity index is 932. The van der Waals surface area contributed by atoms with Crippen molar-refractivity contribution in [1.82, 2.24) is 19.8 Å². The van der Waals surface area contributed by atoms with Crippen LogP contribution in [0.15, 0.2) is 54.9 Å². The van der Waals surface area contributed by atoms with E-state index in [2.05, 4.69) is 51.0 Å². The van der Waals surface area contributed by atoms with Crippen LogP contribution in [0.5, 0.6) is 0 Å². The van der Waals surface area contributed by atoms with Crippen LogP contribution >= 0.6 is 0 Å². The second-order valence-electron chi connectivity index (χ2n) is 7.12. The molecular weight excluding hydrogens is 352 g/mol. The number of ether oxygens (including phenoxy) is 1. The van der Waals surface area contributed by atoms with Crippen LogP contribution in [0, 0.1) is 6.92 Å². The van der Waals surface area contributed by atoms with E-state index in [1.807, 2.05) is 18.2 Å². The average molecular weight is 378 g/mol. The fourth-order valence-corrected chi connectivity index (χ4v) is 3.93. The maximum absolute atomic E-state index is 13.1. The maximum atomic E-state index is 13.1. The number of nitrogens with zero attached hydrogens (tertiary/aromatic N) is 3. The number of carbonyl (C=O) groups excluding carboxylic acids is 1. The fourth-order valence-electron chi connectivity index (χ4n) is 3.93. The van der Waals surface area contributed by atoms with Gasteiger partial charge in [0.25, 0.3) is 0 Å². The summed E-state index contributed by atoms with van der Waals surface area (Å²) < 4.78 is 7.71. The number of pyridine rings is 1. The van der Waals surface area contributed by atoms with E-state index in [-0.39, 0.29) is 11.9 Å². The third-order valence-corrected chi connectivity index (χ3v) is 5.31. The molecule has 6 heteroatoms. The van der Waals surface area contributed by atoms with Crippen LogP contribution in [0.2, 0.25) is 0 Å².